The number of anilines is 1. The fraction of sp³-hybridized carbons (Fsp3) is 0.375. The van der Waals surface area contributed by atoms with Crippen molar-refractivity contribution in [2.75, 3.05) is 11.4 Å². The van der Waals surface area contributed by atoms with Crippen molar-refractivity contribution in [3.05, 3.63) is 54.2 Å². The molecule has 2 heterocycles. The number of aromatic nitrogens is 2. The molecule has 148 valence electrons. The maximum Gasteiger partial charge on any atom is 0.335 e. The van der Waals surface area contributed by atoms with Gasteiger partial charge in [0.15, 0.2) is 0 Å². The first kappa shape index (κ1) is 18.1. The average molecular weight is 387 g/mol. The van der Waals surface area contributed by atoms with E-state index in [9.17, 15) is 4.79 Å². The van der Waals surface area contributed by atoms with Gasteiger partial charge >= 0.3 is 5.97 Å². The second-order valence-corrected chi connectivity index (χ2v) is 8.26. The molecule has 1 saturated heterocycles. The van der Waals surface area contributed by atoms with E-state index in [-0.39, 0.29) is 5.56 Å². The molecule has 0 amide bonds. The van der Waals surface area contributed by atoms with Crippen molar-refractivity contribution < 1.29 is 9.90 Å². The smallest absolute Gasteiger partial charge is 0.335 e. The third-order valence-electron chi connectivity index (χ3n) is 6.51. The highest BCUT2D eigenvalue weighted by atomic mass is 16.4. The van der Waals surface area contributed by atoms with E-state index in [2.05, 4.69) is 34.1 Å². The number of rotatable bonds is 3. The second-order valence-electron chi connectivity index (χ2n) is 8.26. The zero-order valence-electron chi connectivity index (χ0n) is 16.4. The molecule has 1 saturated carbocycles. The molecule has 2 fully saturated rings. The first-order valence-electron chi connectivity index (χ1n) is 10.6. The summed E-state index contributed by atoms with van der Waals surface area (Å²) < 4.78 is 0. The predicted octanol–water partition coefficient (Wildman–Crippen LogP) is 5.15. The first-order valence-corrected chi connectivity index (χ1v) is 10.6. The molecule has 2 atom stereocenters. The SMILES string of the molecule is O=C(O)c1ccc2nc(-c3cccc(N4CCCC5CCCCC54)c3)cnc2c1. The quantitative estimate of drug-likeness (QED) is 0.673. The van der Waals surface area contributed by atoms with Gasteiger partial charge in [0.2, 0.25) is 0 Å². The topological polar surface area (TPSA) is 66.3 Å². The summed E-state index contributed by atoms with van der Waals surface area (Å²) in [4.78, 5) is 23.0. The zero-order chi connectivity index (χ0) is 19.8. The van der Waals surface area contributed by atoms with E-state index in [0.29, 0.717) is 17.1 Å². The molecule has 1 aliphatic heterocycles. The predicted molar refractivity (Wildman–Crippen MR) is 114 cm³/mol. The summed E-state index contributed by atoms with van der Waals surface area (Å²) in [6.45, 7) is 1.13. The van der Waals surface area contributed by atoms with E-state index in [1.165, 1.54) is 44.2 Å². The van der Waals surface area contributed by atoms with Gasteiger partial charge in [0.05, 0.1) is 28.5 Å². The van der Waals surface area contributed by atoms with Crippen molar-refractivity contribution in [1.82, 2.24) is 9.97 Å². The number of nitrogens with zero attached hydrogens (tertiary/aromatic N) is 3. The van der Waals surface area contributed by atoms with Crippen LogP contribution in [0.5, 0.6) is 0 Å². The fourth-order valence-corrected chi connectivity index (χ4v) is 5.07. The van der Waals surface area contributed by atoms with Crippen molar-refractivity contribution >= 4 is 22.7 Å². The highest BCUT2D eigenvalue weighted by Crippen LogP contribution is 2.38. The Morgan fingerprint density at radius 3 is 2.76 bits per heavy atom. The summed E-state index contributed by atoms with van der Waals surface area (Å²) in [6, 6.07) is 14.2. The van der Waals surface area contributed by atoms with Gasteiger partial charge in [-0.15, -0.1) is 0 Å². The molecule has 5 rings (SSSR count). The summed E-state index contributed by atoms with van der Waals surface area (Å²) in [6.07, 6.45) is 9.78. The number of carbonyl (C=O) groups is 1. The van der Waals surface area contributed by atoms with Gasteiger partial charge in [-0.2, -0.15) is 0 Å². The molecular weight excluding hydrogens is 362 g/mol. The molecule has 2 aromatic carbocycles. The number of hydrogen-bond donors (Lipinski definition) is 1. The lowest BCUT2D eigenvalue weighted by Crippen LogP contribution is -2.46. The van der Waals surface area contributed by atoms with Gasteiger partial charge < -0.3 is 10.0 Å². The molecule has 5 nitrogen and oxygen atoms in total. The number of benzene rings is 2. The van der Waals surface area contributed by atoms with E-state index >= 15 is 0 Å². The maximum atomic E-state index is 11.2. The molecule has 1 aromatic heterocycles. The minimum atomic E-state index is -0.951. The summed E-state index contributed by atoms with van der Waals surface area (Å²) in [7, 11) is 0. The van der Waals surface area contributed by atoms with Gasteiger partial charge in [-0.3, -0.25) is 4.98 Å². The Bertz CT molecular complexity index is 1060. The monoisotopic (exact) mass is 387 g/mol. The lowest BCUT2D eigenvalue weighted by atomic mass is 9.78. The van der Waals surface area contributed by atoms with Crippen LogP contribution in [0.3, 0.4) is 0 Å². The van der Waals surface area contributed by atoms with Crippen molar-refractivity contribution in [2.24, 2.45) is 5.92 Å². The minimum Gasteiger partial charge on any atom is -0.478 e. The van der Waals surface area contributed by atoms with Crippen molar-refractivity contribution in [3.63, 3.8) is 0 Å². The van der Waals surface area contributed by atoms with Gasteiger partial charge in [0.1, 0.15) is 0 Å². The molecule has 1 N–H and O–H groups in total. The van der Waals surface area contributed by atoms with Crippen LogP contribution in [0.4, 0.5) is 5.69 Å². The van der Waals surface area contributed by atoms with Crippen molar-refractivity contribution in [2.45, 2.75) is 44.6 Å². The Labute approximate surface area is 170 Å². The van der Waals surface area contributed by atoms with Crippen LogP contribution in [-0.2, 0) is 0 Å². The summed E-state index contributed by atoms with van der Waals surface area (Å²) in [5.41, 5.74) is 4.70. The van der Waals surface area contributed by atoms with Crippen molar-refractivity contribution in [3.8, 4) is 11.3 Å². The molecule has 29 heavy (non-hydrogen) atoms. The highest BCUT2D eigenvalue weighted by molar-refractivity contribution is 5.92. The lowest BCUT2D eigenvalue weighted by Gasteiger charge is -2.45. The van der Waals surface area contributed by atoms with Gasteiger partial charge in [-0.05, 0) is 61.9 Å². The normalized spacial score (nSPS) is 21.7. The van der Waals surface area contributed by atoms with Gasteiger partial charge in [-0.25, -0.2) is 9.78 Å². The molecule has 0 bridgehead atoms. The third-order valence-corrected chi connectivity index (χ3v) is 6.51. The first-order chi connectivity index (χ1) is 14.2. The number of piperidine rings is 1. The highest BCUT2D eigenvalue weighted by Gasteiger charge is 2.33. The van der Waals surface area contributed by atoms with Crippen LogP contribution in [0.2, 0.25) is 0 Å². The largest absolute Gasteiger partial charge is 0.478 e. The van der Waals surface area contributed by atoms with E-state index in [1.54, 1.807) is 24.4 Å². The third kappa shape index (κ3) is 3.46. The molecule has 1 aliphatic carbocycles. The molecule has 2 unspecified atom stereocenters. The Kier molecular flexibility index (Phi) is 4.66. The van der Waals surface area contributed by atoms with E-state index < -0.39 is 5.97 Å². The van der Waals surface area contributed by atoms with Gasteiger partial charge in [-0.1, -0.05) is 25.0 Å². The van der Waals surface area contributed by atoms with E-state index in [0.717, 1.165) is 23.7 Å². The van der Waals surface area contributed by atoms with E-state index in [1.807, 2.05) is 0 Å². The van der Waals surface area contributed by atoms with E-state index in [4.69, 9.17) is 10.1 Å². The summed E-state index contributed by atoms with van der Waals surface area (Å²) >= 11 is 0. The Hall–Kier alpha value is -2.95. The van der Waals surface area contributed by atoms with Crippen molar-refractivity contribution in [1.29, 1.82) is 0 Å². The van der Waals surface area contributed by atoms with Crippen LogP contribution in [0.15, 0.2) is 48.7 Å². The number of carboxylic acid groups (broad SMARTS) is 1. The fourth-order valence-electron chi connectivity index (χ4n) is 5.07. The molecular formula is C24H25N3O2. The van der Waals surface area contributed by atoms with Crippen LogP contribution in [-0.4, -0.2) is 33.6 Å². The Morgan fingerprint density at radius 1 is 1.00 bits per heavy atom. The summed E-state index contributed by atoms with van der Waals surface area (Å²) in [5, 5.41) is 9.16. The number of fused-ring (bicyclic) bond motifs is 2. The lowest BCUT2D eigenvalue weighted by molar-refractivity contribution is 0.0697. The van der Waals surface area contributed by atoms with Crippen LogP contribution in [0.1, 0.15) is 48.9 Å². The molecule has 0 radical (unpaired) electrons. The Morgan fingerprint density at radius 2 is 1.86 bits per heavy atom. The number of aromatic carboxylic acids is 1. The maximum absolute atomic E-state index is 11.2. The molecule has 2 aliphatic rings. The van der Waals surface area contributed by atoms with Crippen LogP contribution in [0, 0.1) is 5.92 Å². The molecule has 3 aromatic rings. The zero-order valence-corrected chi connectivity index (χ0v) is 16.4. The average Bonchev–Trinajstić information content (AvgIpc) is 2.78. The summed E-state index contributed by atoms with van der Waals surface area (Å²) in [5.74, 6) is -0.113. The van der Waals surface area contributed by atoms with Crippen LogP contribution < -0.4 is 4.90 Å². The van der Waals surface area contributed by atoms with Gasteiger partial charge in [0, 0.05) is 23.8 Å². The standard InChI is InChI=1S/C24H25N3O2/c28-24(29)18-10-11-20-21(14-18)25-15-22(26-20)17-6-3-8-19(13-17)27-12-4-7-16-5-1-2-9-23(16)27/h3,6,8,10-11,13-16,23H,1-2,4-5,7,9,12H2,(H,28,29). The van der Waals surface area contributed by atoms with Gasteiger partial charge in [0.25, 0.3) is 0 Å². The van der Waals surface area contributed by atoms with Crippen LogP contribution in [0.25, 0.3) is 22.3 Å². The molecule has 5 heteroatoms. The number of carboxylic acids is 1. The van der Waals surface area contributed by atoms with Crippen LogP contribution >= 0.6 is 0 Å². The number of hydrogen-bond acceptors (Lipinski definition) is 4. The minimum absolute atomic E-state index is 0.230. The Balaban J connectivity index is 1.47. The second kappa shape index (κ2) is 7.47. The molecule has 0 spiro atoms.